The van der Waals surface area contributed by atoms with E-state index in [9.17, 15) is 0 Å². The van der Waals surface area contributed by atoms with Gasteiger partial charge in [-0.1, -0.05) is 170 Å². The molecule has 3 heteroatoms. The van der Waals surface area contributed by atoms with Gasteiger partial charge in [-0.05, 0) is 101 Å². The quantitative estimate of drug-likeness (QED) is 0.156. The van der Waals surface area contributed by atoms with Gasteiger partial charge in [0, 0.05) is 30.9 Å². The van der Waals surface area contributed by atoms with E-state index >= 15 is 0 Å². The molecule has 0 fully saturated rings. The fourth-order valence-corrected chi connectivity index (χ4v) is 14.1. The Kier molecular flexibility index (Phi) is 7.32. The van der Waals surface area contributed by atoms with Gasteiger partial charge in [0.05, 0.1) is 18.8 Å². The molecule has 3 aromatic heterocycles. The lowest BCUT2D eigenvalue weighted by Crippen LogP contribution is -1.85. The third-order valence-corrected chi connectivity index (χ3v) is 16.3. The van der Waals surface area contributed by atoms with Crippen molar-refractivity contribution in [3.05, 3.63) is 194 Å². The summed E-state index contributed by atoms with van der Waals surface area (Å²) in [5.41, 5.74) is 9.96. The average molecular weight is 801 g/mol. The Labute approximate surface area is 352 Å². The van der Waals surface area contributed by atoms with Crippen LogP contribution in [0.25, 0.3) is 127 Å². The summed E-state index contributed by atoms with van der Waals surface area (Å²) in [6, 6.07) is 71.8. The van der Waals surface area contributed by atoms with E-state index in [0.717, 1.165) is 0 Å². The van der Waals surface area contributed by atoms with Gasteiger partial charge in [-0.2, -0.15) is 0 Å². The van der Waals surface area contributed by atoms with Crippen LogP contribution in [-0.4, -0.2) is 0 Å². The summed E-state index contributed by atoms with van der Waals surface area (Å²) in [4.78, 5) is 0. The molecule has 0 unspecified atom stereocenters. The van der Waals surface area contributed by atoms with Crippen LogP contribution in [-0.2, 0) is 0 Å². The lowest BCUT2D eigenvalue weighted by atomic mass is 9.93. The molecule has 0 atom stereocenters. The lowest BCUT2D eigenvalue weighted by molar-refractivity contribution is 1.65. The van der Waals surface area contributed by atoms with Crippen LogP contribution in [0, 0.1) is 0 Å². The van der Waals surface area contributed by atoms with Gasteiger partial charge in [0.15, 0.2) is 0 Å². The van der Waals surface area contributed by atoms with Crippen LogP contribution in [0.2, 0.25) is 0 Å². The van der Waals surface area contributed by atoms with Crippen LogP contribution in [0.3, 0.4) is 0 Å². The molecule has 0 saturated heterocycles. The van der Waals surface area contributed by atoms with Crippen LogP contribution in [0.5, 0.6) is 0 Å². The molecule has 0 nitrogen and oxygen atoms in total. The normalized spacial score (nSPS) is 12.1. The minimum absolute atomic E-state index is 1.24. The highest BCUT2D eigenvalue weighted by Crippen LogP contribution is 2.56. The van der Waals surface area contributed by atoms with Gasteiger partial charge < -0.3 is 0 Å². The van der Waals surface area contributed by atoms with Gasteiger partial charge >= 0.3 is 0 Å². The lowest BCUT2D eigenvalue weighted by Gasteiger charge is -2.12. The first-order valence-corrected chi connectivity index (χ1v) is 22.5. The first-order chi connectivity index (χ1) is 29.2. The summed E-state index contributed by atoms with van der Waals surface area (Å²) in [5.74, 6) is 0. The van der Waals surface area contributed by atoms with Gasteiger partial charge in [-0.25, -0.2) is 0 Å². The van der Waals surface area contributed by atoms with Crippen molar-refractivity contribution in [2.24, 2.45) is 0 Å². The number of thiophene rings is 3. The third-order valence-electron chi connectivity index (χ3n) is 12.3. The molecule has 0 N–H and O–H groups in total. The maximum Gasteiger partial charge on any atom is 0.0642 e. The van der Waals surface area contributed by atoms with E-state index in [2.05, 4.69) is 194 Å². The maximum atomic E-state index is 2.43. The topological polar surface area (TPSA) is 0 Å². The van der Waals surface area contributed by atoms with Gasteiger partial charge in [0.1, 0.15) is 0 Å². The molecule has 0 saturated carbocycles. The van der Waals surface area contributed by atoms with Crippen molar-refractivity contribution in [1.29, 1.82) is 0 Å². The zero-order valence-electron chi connectivity index (χ0n) is 31.7. The Balaban J connectivity index is 1.13. The van der Waals surface area contributed by atoms with E-state index in [-0.39, 0.29) is 0 Å². The van der Waals surface area contributed by atoms with Gasteiger partial charge in [-0.15, -0.1) is 34.0 Å². The predicted octanol–water partition coefficient (Wildman–Crippen LogP) is 17.8. The summed E-state index contributed by atoms with van der Waals surface area (Å²) >= 11 is 5.98. The van der Waals surface area contributed by atoms with E-state index in [1.165, 1.54) is 127 Å². The van der Waals surface area contributed by atoms with Crippen molar-refractivity contribution in [3.8, 4) is 44.5 Å². The Morgan fingerprint density at radius 1 is 0.186 bits per heavy atom. The molecule has 13 aromatic rings. The average Bonchev–Trinajstić information content (AvgIpc) is 3.99. The zero-order valence-corrected chi connectivity index (χ0v) is 34.1. The number of hydrogen-bond acceptors (Lipinski definition) is 3. The van der Waals surface area contributed by atoms with E-state index < -0.39 is 0 Å². The molecule has 3 heterocycles. The smallest absolute Gasteiger partial charge is 0.0642 e. The van der Waals surface area contributed by atoms with E-state index in [4.69, 9.17) is 0 Å². The molecule has 0 spiro atoms. The fourth-order valence-electron chi connectivity index (χ4n) is 9.44. The summed E-state index contributed by atoms with van der Waals surface area (Å²) < 4.78 is 8.42. The molecule has 59 heavy (non-hydrogen) atoms. The number of rotatable bonds is 4. The van der Waals surface area contributed by atoms with Crippen LogP contribution in [0.1, 0.15) is 0 Å². The maximum absolute atomic E-state index is 2.43. The molecule has 0 radical (unpaired) electrons. The Morgan fingerprint density at radius 2 is 0.458 bits per heavy atom. The van der Waals surface area contributed by atoms with Crippen molar-refractivity contribution in [3.63, 3.8) is 0 Å². The molecule has 10 aromatic carbocycles. The highest BCUT2D eigenvalue weighted by atomic mass is 32.1. The number of fused-ring (bicyclic) bond motifs is 17. The van der Waals surface area contributed by atoms with Crippen LogP contribution in [0.4, 0.5) is 0 Å². The van der Waals surface area contributed by atoms with E-state index in [1.807, 2.05) is 34.0 Å². The van der Waals surface area contributed by atoms with Crippen LogP contribution in [0.15, 0.2) is 194 Å². The van der Waals surface area contributed by atoms with Crippen molar-refractivity contribution >= 4 is 116 Å². The second-order valence-corrected chi connectivity index (χ2v) is 18.6. The molecular formula is C56H32S3. The van der Waals surface area contributed by atoms with Crippen molar-refractivity contribution in [2.45, 2.75) is 0 Å². The minimum Gasteiger partial charge on any atom is -0.132 e. The number of benzene rings is 10. The SMILES string of the molecule is c1ccc(-c2ccc3c(c2)c2cc(-c4ccccc4)ccc2c2c3sc3c4sc5c6ccc(-c7ccccc7)cc6c6cc(-c7ccccc7)ccc6c5c4sc32)cc1. The molecule has 274 valence electrons. The van der Waals surface area contributed by atoms with Gasteiger partial charge in [0.25, 0.3) is 0 Å². The van der Waals surface area contributed by atoms with E-state index in [0.29, 0.717) is 0 Å². The summed E-state index contributed by atoms with van der Waals surface area (Å²) in [6.45, 7) is 0. The van der Waals surface area contributed by atoms with Crippen LogP contribution >= 0.6 is 34.0 Å². The predicted molar refractivity (Wildman–Crippen MR) is 262 cm³/mol. The highest BCUT2D eigenvalue weighted by molar-refractivity contribution is 7.44. The second kappa shape index (κ2) is 12.9. The zero-order chi connectivity index (χ0) is 38.6. The van der Waals surface area contributed by atoms with Gasteiger partial charge in [-0.3, -0.25) is 0 Å². The summed E-state index contributed by atoms with van der Waals surface area (Å²) in [5, 5.41) is 13.4. The first-order valence-electron chi connectivity index (χ1n) is 20.1. The number of hydrogen-bond donors (Lipinski definition) is 0. The largest absolute Gasteiger partial charge is 0.132 e. The van der Waals surface area contributed by atoms with Crippen LogP contribution < -0.4 is 0 Å². The summed E-state index contributed by atoms with van der Waals surface area (Å²) in [7, 11) is 0. The Bertz CT molecular complexity index is 3550. The van der Waals surface area contributed by atoms with E-state index in [1.54, 1.807) is 0 Å². The second-order valence-electron chi connectivity index (χ2n) is 15.5. The van der Waals surface area contributed by atoms with Crippen molar-refractivity contribution in [2.75, 3.05) is 0 Å². The van der Waals surface area contributed by atoms with Crippen molar-refractivity contribution in [1.82, 2.24) is 0 Å². The molecule has 0 aliphatic rings. The Hall–Kier alpha value is -6.62. The molecule has 0 aliphatic carbocycles. The highest BCUT2D eigenvalue weighted by Gasteiger charge is 2.24. The minimum atomic E-state index is 1.24. The molecule has 0 bridgehead atoms. The standard InChI is InChI=1S/C56H32S3/c1-5-13-33(14-6-1)37-21-25-41-45(29-37)47-31-39(35-17-9-3-10-18-35)23-27-43(47)51-49(41)53-55(57-51)56-54(59-53)50-42-26-22-38(34-15-7-2-8-16-34)30-46(42)48-32-40(36-19-11-4-12-20-36)24-28-44(48)52(50)58-56/h1-32H. The first kappa shape index (κ1) is 33.4. The third kappa shape index (κ3) is 5.06. The van der Waals surface area contributed by atoms with Gasteiger partial charge in [0.2, 0.25) is 0 Å². The van der Waals surface area contributed by atoms with Crippen molar-refractivity contribution < 1.29 is 0 Å². The Morgan fingerprint density at radius 3 is 0.780 bits per heavy atom. The summed E-state index contributed by atoms with van der Waals surface area (Å²) in [6.07, 6.45) is 0. The monoisotopic (exact) mass is 800 g/mol. The molecule has 0 amide bonds. The molecule has 0 aliphatic heterocycles. The fraction of sp³-hybridized carbons (Fsp3) is 0. The molecule has 13 rings (SSSR count). The molecular weight excluding hydrogens is 769 g/mol.